The molecule has 2 aliphatic rings. The van der Waals surface area contributed by atoms with Gasteiger partial charge in [-0.05, 0) is 44.9 Å². The predicted molar refractivity (Wildman–Crippen MR) is 64.6 cm³/mol. The maximum Gasteiger partial charge on any atom is 0.410 e. The van der Waals surface area contributed by atoms with E-state index in [0.29, 0.717) is 17.8 Å². The van der Waals surface area contributed by atoms with Gasteiger partial charge in [0.05, 0.1) is 6.10 Å². The highest BCUT2D eigenvalue weighted by atomic mass is 16.6. The number of ether oxygens (including phenoxy) is 1. The summed E-state index contributed by atoms with van der Waals surface area (Å²) in [6.07, 6.45) is 0.407. The standard InChI is InChI=1S/C13H23NO3/c1-5-10(15)11-8-6-14(7-9(8)11)12(16)17-13(2,3)4/h8-11,15H,5-7H2,1-4H3/t8-,9?,10?,11?/m1/s1. The molecule has 2 rings (SSSR count). The van der Waals surface area contributed by atoms with Crippen LogP contribution in [0.5, 0.6) is 0 Å². The highest BCUT2D eigenvalue weighted by Crippen LogP contribution is 2.54. The van der Waals surface area contributed by atoms with Gasteiger partial charge in [0.25, 0.3) is 0 Å². The first-order valence-corrected chi connectivity index (χ1v) is 6.49. The Kier molecular flexibility index (Phi) is 3.10. The fraction of sp³-hybridized carbons (Fsp3) is 0.923. The van der Waals surface area contributed by atoms with E-state index in [-0.39, 0.29) is 12.2 Å². The van der Waals surface area contributed by atoms with Crippen molar-refractivity contribution in [1.82, 2.24) is 4.90 Å². The number of carbonyl (C=O) groups excluding carboxylic acids is 1. The van der Waals surface area contributed by atoms with Crippen LogP contribution in [-0.2, 0) is 4.74 Å². The number of carbonyl (C=O) groups is 1. The molecule has 0 aromatic heterocycles. The van der Waals surface area contributed by atoms with Crippen molar-refractivity contribution in [3.05, 3.63) is 0 Å². The monoisotopic (exact) mass is 241 g/mol. The molecule has 0 spiro atoms. The van der Waals surface area contributed by atoms with E-state index >= 15 is 0 Å². The molecule has 3 unspecified atom stereocenters. The van der Waals surface area contributed by atoms with Gasteiger partial charge in [-0.15, -0.1) is 0 Å². The highest BCUT2D eigenvalue weighted by Gasteiger charge is 2.59. The predicted octanol–water partition coefficient (Wildman–Crippen LogP) is 1.87. The van der Waals surface area contributed by atoms with E-state index in [1.165, 1.54) is 0 Å². The van der Waals surface area contributed by atoms with Crippen LogP contribution >= 0.6 is 0 Å². The maximum absolute atomic E-state index is 11.8. The molecule has 2 fully saturated rings. The van der Waals surface area contributed by atoms with E-state index in [0.717, 1.165) is 19.5 Å². The third kappa shape index (κ3) is 2.57. The summed E-state index contributed by atoms with van der Waals surface area (Å²) in [5.74, 6) is 1.41. The molecule has 98 valence electrons. The molecule has 17 heavy (non-hydrogen) atoms. The lowest BCUT2D eigenvalue weighted by Gasteiger charge is -2.26. The first-order chi connectivity index (χ1) is 7.83. The number of nitrogens with zero attached hydrogens (tertiary/aromatic N) is 1. The van der Waals surface area contributed by atoms with Crippen LogP contribution < -0.4 is 0 Å². The van der Waals surface area contributed by atoms with E-state index < -0.39 is 5.60 Å². The summed E-state index contributed by atoms with van der Waals surface area (Å²) in [6, 6.07) is 0. The smallest absolute Gasteiger partial charge is 0.410 e. The fourth-order valence-electron chi connectivity index (χ4n) is 2.89. The number of amides is 1. The number of piperidine rings is 1. The van der Waals surface area contributed by atoms with Gasteiger partial charge in [0, 0.05) is 13.1 Å². The summed E-state index contributed by atoms with van der Waals surface area (Å²) in [5, 5.41) is 9.78. The number of hydrogen-bond acceptors (Lipinski definition) is 3. The molecule has 4 heteroatoms. The lowest BCUT2D eigenvalue weighted by Crippen LogP contribution is -2.37. The molecule has 1 N–H and O–H groups in total. The van der Waals surface area contributed by atoms with Gasteiger partial charge in [0.15, 0.2) is 0 Å². The SMILES string of the molecule is CCC(O)C1C2CN(C(=O)OC(C)(C)C)C[C@H]21. The van der Waals surface area contributed by atoms with E-state index in [4.69, 9.17) is 4.74 Å². The number of rotatable bonds is 2. The van der Waals surface area contributed by atoms with Gasteiger partial charge in [-0.2, -0.15) is 0 Å². The molecule has 0 aromatic carbocycles. The summed E-state index contributed by atoms with van der Waals surface area (Å²) >= 11 is 0. The van der Waals surface area contributed by atoms with Crippen LogP contribution in [0.25, 0.3) is 0 Å². The molecule has 1 amide bonds. The average molecular weight is 241 g/mol. The molecule has 1 saturated carbocycles. The van der Waals surface area contributed by atoms with Crippen LogP contribution in [0.4, 0.5) is 4.79 Å². The van der Waals surface area contributed by atoms with Gasteiger partial charge < -0.3 is 14.7 Å². The normalized spacial score (nSPS) is 33.2. The molecule has 0 bridgehead atoms. The number of hydrogen-bond donors (Lipinski definition) is 1. The number of fused-ring (bicyclic) bond motifs is 1. The number of aliphatic hydroxyl groups is 1. The molecule has 4 atom stereocenters. The highest BCUT2D eigenvalue weighted by molar-refractivity contribution is 5.69. The summed E-state index contributed by atoms with van der Waals surface area (Å²) in [6.45, 7) is 9.15. The first-order valence-electron chi connectivity index (χ1n) is 6.49. The molecule has 0 aromatic rings. The second-order valence-corrected chi connectivity index (χ2v) is 6.27. The lowest BCUT2D eigenvalue weighted by atomic mass is 10.1. The Morgan fingerprint density at radius 1 is 1.41 bits per heavy atom. The fourth-order valence-corrected chi connectivity index (χ4v) is 2.89. The molecule has 4 nitrogen and oxygen atoms in total. The minimum absolute atomic E-state index is 0.189. The van der Waals surface area contributed by atoms with Crippen molar-refractivity contribution in [3.8, 4) is 0 Å². The summed E-state index contributed by atoms with van der Waals surface area (Å²) in [5.41, 5.74) is -0.424. The van der Waals surface area contributed by atoms with Crippen LogP contribution in [0.1, 0.15) is 34.1 Å². The van der Waals surface area contributed by atoms with Gasteiger partial charge in [-0.1, -0.05) is 6.92 Å². The van der Waals surface area contributed by atoms with E-state index in [1.54, 1.807) is 4.90 Å². The molecule has 1 saturated heterocycles. The Labute approximate surface area is 103 Å². The van der Waals surface area contributed by atoms with Crippen LogP contribution in [0, 0.1) is 17.8 Å². The Balaban J connectivity index is 1.81. The Hall–Kier alpha value is -0.770. The lowest BCUT2D eigenvalue weighted by molar-refractivity contribution is 0.0241. The van der Waals surface area contributed by atoms with Crippen molar-refractivity contribution >= 4 is 6.09 Å². The minimum atomic E-state index is -0.424. The second kappa shape index (κ2) is 4.16. The van der Waals surface area contributed by atoms with Crippen molar-refractivity contribution < 1.29 is 14.6 Å². The quantitative estimate of drug-likeness (QED) is 0.803. The number of likely N-dealkylation sites (tertiary alicyclic amines) is 1. The molecule has 0 radical (unpaired) electrons. The van der Waals surface area contributed by atoms with Crippen molar-refractivity contribution in [2.24, 2.45) is 17.8 Å². The van der Waals surface area contributed by atoms with Gasteiger partial charge in [-0.3, -0.25) is 0 Å². The van der Waals surface area contributed by atoms with Crippen LogP contribution in [0.2, 0.25) is 0 Å². The minimum Gasteiger partial charge on any atom is -0.444 e. The Morgan fingerprint density at radius 2 is 1.94 bits per heavy atom. The van der Waals surface area contributed by atoms with Gasteiger partial charge in [0.2, 0.25) is 0 Å². The topological polar surface area (TPSA) is 49.8 Å². The van der Waals surface area contributed by atoms with Crippen molar-refractivity contribution in [3.63, 3.8) is 0 Å². The Bertz CT molecular complexity index is 298. The van der Waals surface area contributed by atoms with E-state index in [9.17, 15) is 9.90 Å². The van der Waals surface area contributed by atoms with Crippen molar-refractivity contribution in [2.75, 3.05) is 13.1 Å². The molecular formula is C13H23NO3. The molecule has 1 heterocycles. The summed E-state index contributed by atoms with van der Waals surface area (Å²) < 4.78 is 5.34. The molecular weight excluding hydrogens is 218 g/mol. The van der Waals surface area contributed by atoms with Gasteiger partial charge in [-0.25, -0.2) is 4.79 Å². The van der Waals surface area contributed by atoms with Crippen LogP contribution in [0.15, 0.2) is 0 Å². The average Bonchev–Trinajstić information content (AvgIpc) is 2.69. The first kappa shape index (κ1) is 12.7. The van der Waals surface area contributed by atoms with Crippen molar-refractivity contribution in [1.29, 1.82) is 0 Å². The molecule has 1 aliphatic heterocycles. The van der Waals surface area contributed by atoms with Crippen LogP contribution in [0.3, 0.4) is 0 Å². The Morgan fingerprint density at radius 3 is 2.35 bits per heavy atom. The number of aliphatic hydroxyl groups excluding tert-OH is 1. The second-order valence-electron chi connectivity index (χ2n) is 6.27. The zero-order valence-corrected chi connectivity index (χ0v) is 11.1. The summed E-state index contributed by atoms with van der Waals surface area (Å²) in [4.78, 5) is 13.6. The molecule has 1 aliphatic carbocycles. The summed E-state index contributed by atoms with van der Waals surface area (Å²) in [7, 11) is 0. The van der Waals surface area contributed by atoms with Gasteiger partial charge >= 0.3 is 6.09 Å². The van der Waals surface area contributed by atoms with Gasteiger partial charge in [0.1, 0.15) is 5.60 Å². The third-order valence-corrected chi connectivity index (χ3v) is 3.77. The largest absolute Gasteiger partial charge is 0.444 e. The van der Waals surface area contributed by atoms with E-state index in [2.05, 4.69) is 0 Å². The van der Waals surface area contributed by atoms with E-state index in [1.807, 2.05) is 27.7 Å². The third-order valence-electron chi connectivity index (χ3n) is 3.77. The maximum atomic E-state index is 11.8. The van der Waals surface area contributed by atoms with Crippen LogP contribution in [-0.4, -0.2) is 40.9 Å². The zero-order valence-electron chi connectivity index (χ0n) is 11.1. The zero-order chi connectivity index (χ0) is 12.8. The van der Waals surface area contributed by atoms with Crippen molar-refractivity contribution in [2.45, 2.75) is 45.8 Å².